The number of hydrogen-bond acceptors (Lipinski definition) is 4. The number of anilines is 1. The van der Waals surface area contributed by atoms with E-state index in [0.29, 0.717) is 16.6 Å². The highest BCUT2D eigenvalue weighted by atomic mass is 35.5. The van der Waals surface area contributed by atoms with Crippen LogP contribution in [0.5, 0.6) is 0 Å². The molecule has 2 N–H and O–H groups in total. The Labute approximate surface area is 131 Å². The summed E-state index contributed by atoms with van der Waals surface area (Å²) in [5, 5.41) is 7.53. The van der Waals surface area contributed by atoms with E-state index in [1.165, 1.54) is 26.4 Å². The van der Waals surface area contributed by atoms with E-state index in [9.17, 15) is 4.79 Å². The number of halogens is 1. The summed E-state index contributed by atoms with van der Waals surface area (Å²) in [7, 11) is 1.39. The molecule has 0 saturated carbocycles. The number of esters is 1. The normalized spacial score (nSPS) is 19.9. The molecule has 2 unspecified atom stereocenters. The topological polar surface area (TPSA) is 50.4 Å². The smallest absolute Gasteiger partial charge is 0.339 e. The van der Waals surface area contributed by atoms with E-state index in [2.05, 4.69) is 17.6 Å². The van der Waals surface area contributed by atoms with Crippen LogP contribution >= 0.6 is 11.6 Å². The first kappa shape index (κ1) is 16.1. The van der Waals surface area contributed by atoms with Crippen molar-refractivity contribution in [2.24, 2.45) is 0 Å². The maximum Gasteiger partial charge on any atom is 0.339 e. The fourth-order valence-electron chi connectivity index (χ4n) is 2.80. The molecule has 0 aromatic heterocycles. The van der Waals surface area contributed by atoms with Crippen LogP contribution in [0.2, 0.25) is 5.02 Å². The quantitative estimate of drug-likeness (QED) is 0.818. The third-order valence-electron chi connectivity index (χ3n) is 3.84. The second-order valence-corrected chi connectivity index (χ2v) is 6.05. The van der Waals surface area contributed by atoms with Gasteiger partial charge in [-0.2, -0.15) is 0 Å². The molecule has 1 saturated heterocycles. The number of carbonyl (C=O) groups excluding carboxylic acids is 1. The van der Waals surface area contributed by atoms with Crippen molar-refractivity contribution in [3.63, 3.8) is 0 Å². The van der Waals surface area contributed by atoms with E-state index >= 15 is 0 Å². The maximum absolute atomic E-state index is 11.8. The van der Waals surface area contributed by atoms with E-state index in [0.717, 1.165) is 18.7 Å². The highest BCUT2D eigenvalue weighted by Crippen LogP contribution is 2.24. The van der Waals surface area contributed by atoms with Gasteiger partial charge in [0.25, 0.3) is 0 Å². The van der Waals surface area contributed by atoms with Crippen molar-refractivity contribution < 1.29 is 9.53 Å². The van der Waals surface area contributed by atoms with Gasteiger partial charge >= 0.3 is 5.97 Å². The molecule has 4 nitrogen and oxygen atoms in total. The molecule has 1 heterocycles. The zero-order chi connectivity index (χ0) is 15.2. The first-order chi connectivity index (χ1) is 10.1. The molecule has 0 bridgehead atoms. The summed E-state index contributed by atoms with van der Waals surface area (Å²) in [5.74, 6) is -0.350. The lowest BCUT2D eigenvalue weighted by molar-refractivity contribution is 0.0602. The minimum atomic E-state index is -0.350. The summed E-state index contributed by atoms with van der Waals surface area (Å²) in [6.07, 6.45) is 4.78. The number of methoxy groups -OCH3 is 1. The Balaban J connectivity index is 2.03. The number of rotatable bonds is 5. The lowest BCUT2D eigenvalue weighted by atomic mass is 9.98. The molecule has 1 aromatic rings. The summed E-state index contributed by atoms with van der Waals surface area (Å²) in [4.78, 5) is 11.8. The number of benzene rings is 1. The van der Waals surface area contributed by atoms with Gasteiger partial charge in [-0.05, 0) is 50.9 Å². The van der Waals surface area contributed by atoms with Crippen molar-refractivity contribution in [1.82, 2.24) is 5.32 Å². The number of carbonyl (C=O) groups is 1. The van der Waals surface area contributed by atoms with Gasteiger partial charge in [0.1, 0.15) is 0 Å². The minimum absolute atomic E-state index is 0.252. The molecule has 1 fully saturated rings. The molecule has 2 rings (SSSR count). The first-order valence-corrected chi connectivity index (χ1v) is 7.85. The molecule has 1 aliphatic rings. The average Bonchev–Trinajstić information content (AvgIpc) is 2.47. The lowest BCUT2D eigenvalue weighted by Crippen LogP contribution is -2.37. The van der Waals surface area contributed by atoms with Crippen LogP contribution in [0.4, 0.5) is 5.69 Å². The predicted molar refractivity (Wildman–Crippen MR) is 86.1 cm³/mol. The summed E-state index contributed by atoms with van der Waals surface area (Å²) in [6.45, 7) is 3.22. The number of nitrogens with one attached hydrogen (secondary N) is 2. The number of hydrogen-bond donors (Lipinski definition) is 2. The van der Waals surface area contributed by atoms with Gasteiger partial charge in [0, 0.05) is 17.1 Å². The van der Waals surface area contributed by atoms with E-state index in [1.807, 2.05) is 0 Å². The fraction of sp³-hybridized carbons (Fsp3) is 0.562. The molecule has 1 aliphatic heterocycles. The zero-order valence-corrected chi connectivity index (χ0v) is 13.4. The fourth-order valence-corrected chi connectivity index (χ4v) is 2.97. The minimum Gasteiger partial charge on any atom is -0.465 e. The Morgan fingerprint density at radius 1 is 1.52 bits per heavy atom. The Morgan fingerprint density at radius 3 is 3.00 bits per heavy atom. The number of piperidine rings is 1. The van der Waals surface area contributed by atoms with Gasteiger partial charge in [-0.15, -0.1) is 0 Å². The molecule has 0 aliphatic carbocycles. The monoisotopic (exact) mass is 310 g/mol. The predicted octanol–water partition coefficient (Wildman–Crippen LogP) is 3.46. The maximum atomic E-state index is 11.8. The van der Waals surface area contributed by atoms with E-state index in [4.69, 9.17) is 16.3 Å². The van der Waals surface area contributed by atoms with Crippen molar-refractivity contribution >= 4 is 23.3 Å². The summed E-state index contributed by atoms with van der Waals surface area (Å²) >= 11 is 6.04. The van der Waals surface area contributed by atoms with Gasteiger partial charge in [-0.3, -0.25) is 0 Å². The van der Waals surface area contributed by atoms with Gasteiger partial charge in [-0.1, -0.05) is 18.0 Å². The Hall–Kier alpha value is -1.26. The molecule has 0 spiro atoms. The van der Waals surface area contributed by atoms with Gasteiger partial charge in [0.2, 0.25) is 0 Å². The van der Waals surface area contributed by atoms with Crippen LogP contribution < -0.4 is 10.6 Å². The molecular formula is C16H23ClN2O2. The van der Waals surface area contributed by atoms with Gasteiger partial charge in [0.15, 0.2) is 0 Å². The molecule has 5 heteroatoms. The lowest BCUT2D eigenvalue weighted by Gasteiger charge is -2.27. The van der Waals surface area contributed by atoms with Gasteiger partial charge in [0.05, 0.1) is 18.4 Å². The third-order valence-corrected chi connectivity index (χ3v) is 4.07. The van der Waals surface area contributed by atoms with Crippen LogP contribution in [0.3, 0.4) is 0 Å². The summed E-state index contributed by atoms with van der Waals surface area (Å²) in [5.41, 5.74) is 1.25. The molecule has 2 atom stereocenters. The summed E-state index contributed by atoms with van der Waals surface area (Å²) in [6, 6.07) is 5.97. The molecule has 116 valence electrons. The molecule has 0 radical (unpaired) electrons. The zero-order valence-electron chi connectivity index (χ0n) is 12.6. The molecule has 21 heavy (non-hydrogen) atoms. The third kappa shape index (κ3) is 4.61. The first-order valence-electron chi connectivity index (χ1n) is 7.48. The van der Waals surface area contributed by atoms with Crippen LogP contribution in [0.25, 0.3) is 0 Å². The SMILES string of the molecule is COC(=O)c1ccc(Cl)cc1NC(C)CC1CCCCN1. The average molecular weight is 311 g/mol. The standard InChI is InChI=1S/C16H23ClN2O2/c1-11(9-13-5-3-4-8-18-13)19-15-10-12(17)6-7-14(15)16(20)21-2/h6-7,10-11,13,18-19H,3-5,8-9H2,1-2H3. The Bertz CT molecular complexity index is 487. The van der Waals surface area contributed by atoms with Crippen LogP contribution in [0.15, 0.2) is 18.2 Å². The van der Waals surface area contributed by atoms with Gasteiger partial charge < -0.3 is 15.4 Å². The van der Waals surface area contributed by atoms with E-state index < -0.39 is 0 Å². The summed E-state index contributed by atoms with van der Waals surface area (Å²) < 4.78 is 4.81. The largest absolute Gasteiger partial charge is 0.465 e. The Kier molecular flexibility index (Phi) is 5.88. The van der Waals surface area contributed by atoms with Crippen molar-refractivity contribution in [2.75, 3.05) is 19.0 Å². The van der Waals surface area contributed by atoms with Crippen LogP contribution in [0, 0.1) is 0 Å². The van der Waals surface area contributed by atoms with Crippen LogP contribution in [-0.4, -0.2) is 31.7 Å². The van der Waals surface area contributed by atoms with Crippen LogP contribution in [0.1, 0.15) is 43.0 Å². The van der Waals surface area contributed by atoms with Crippen molar-refractivity contribution in [3.8, 4) is 0 Å². The van der Waals surface area contributed by atoms with Crippen LogP contribution in [-0.2, 0) is 4.74 Å². The van der Waals surface area contributed by atoms with Crippen molar-refractivity contribution in [3.05, 3.63) is 28.8 Å². The Morgan fingerprint density at radius 2 is 2.33 bits per heavy atom. The van der Waals surface area contributed by atoms with E-state index in [1.54, 1.807) is 18.2 Å². The molecule has 1 aromatic carbocycles. The molecule has 0 amide bonds. The van der Waals surface area contributed by atoms with Crippen molar-refractivity contribution in [1.29, 1.82) is 0 Å². The second-order valence-electron chi connectivity index (χ2n) is 5.61. The molecular weight excluding hydrogens is 288 g/mol. The highest BCUT2D eigenvalue weighted by Gasteiger charge is 2.18. The van der Waals surface area contributed by atoms with Crippen molar-refractivity contribution in [2.45, 2.75) is 44.7 Å². The second kappa shape index (κ2) is 7.66. The highest BCUT2D eigenvalue weighted by molar-refractivity contribution is 6.31. The number of ether oxygens (including phenoxy) is 1. The van der Waals surface area contributed by atoms with E-state index in [-0.39, 0.29) is 12.0 Å². The van der Waals surface area contributed by atoms with Gasteiger partial charge in [-0.25, -0.2) is 4.79 Å².